The highest BCUT2D eigenvalue weighted by Crippen LogP contribution is 2.61. The van der Waals surface area contributed by atoms with Gasteiger partial charge in [0.2, 0.25) is 0 Å². The van der Waals surface area contributed by atoms with Gasteiger partial charge in [0.05, 0.1) is 11.2 Å². The van der Waals surface area contributed by atoms with E-state index in [1.165, 1.54) is 30.4 Å². The van der Waals surface area contributed by atoms with E-state index in [1.54, 1.807) is 6.92 Å². The zero-order valence-electron chi connectivity index (χ0n) is 20.0. The fourth-order valence-corrected chi connectivity index (χ4v) is 7.07. The van der Waals surface area contributed by atoms with Crippen LogP contribution in [0.4, 0.5) is 0 Å². The quantitative estimate of drug-likeness (QED) is 0.507. The van der Waals surface area contributed by atoms with Crippen molar-refractivity contribution >= 4 is 18.6 Å². The van der Waals surface area contributed by atoms with Crippen molar-refractivity contribution in [3.05, 3.63) is 29.3 Å². The first-order valence-corrected chi connectivity index (χ1v) is 12.2. The van der Waals surface area contributed by atoms with Gasteiger partial charge in [0.15, 0.2) is 0 Å². The topological polar surface area (TPSA) is 44.8 Å². The molecule has 1 aromatic carbocycles. The third-order valence-corrected chi connectivity index (χ3v) is 9.50. The second kappa shape index (κ2) is 7.09. The number of ether oxygens (including phenoxy) is 1. The molecule has 5 atom stereocenters. The molecule has 1 saturated heterocycles. The maximum absolute atomic E-state index is 11.6. The minimum Gasteiger partial charge on any atom is -0.462 e. The van der Waals surface area contributed by atoms with Crippen LogP contribution in [0.15, 0.2) is 18.2 Å². The van der Waals surface area contributed by atoms with E-state index in [4.69, 9.17) is 14.0 Å². The van der Waals surface area contributed by atoms with Gasteiger partial charge in [-0.05, 0) is 101 Å². The highest BCUT2D eigenvalue weighted by molar-refractivity contribution is 6.62. The van der Waals surface area contributed by atoms with Crippen LogP contribution in [0.2, 0.25) is 0 Å². The summed E-state index contributed by atoms with van der Waals surface area (Å²) in [5.74, 6) is 1.87. The van der Waals surface area contributed by atoms with Gasteiger partial charge in [0.25, 0.3) is 0 Å². The molecule has 5 rings (SSSR count). The summed E-state index contributed by atoms with van der Waals surface area (Å²) in [6, 6.07) is 6.93. The standard InChI is InChI=1S/C26H37BO4/c1-16(28)29-23-12-11-22-21-9-7-17-15-18(27-30-24(2,3)25(4,5)31-27)8-10-19(17)20(21)13-14-26(22,23)6/h8,10,15,20-23H,7,9,11-14H2,1-6H3. The van der Waals surface area contributed by atoms with Crippen molar-refractivity contribution in [3.63, 3.8) is 0 Å². The van der Waals surface area contributed by atoms with Gasteiger partial charge < -0.3 is 14.0 Å². The number of carbonyl (C=O) groups excluding carboxylic acids is 1. The van der Waals surface area contributed by atoms with E-state index in [0.717, 1.165) is 24.7 Å². The maximum atomic E-state index is 11.6. The molecule has 0 amide bonds. The summed E-state index contributed by atoms with van der Waals surface area (Å²) >= 11 is 0. The Hall–Kier alpha value is -1.33. The van der Waals surface area contributed by atoms with Crippen molar-refractivity contribution in [3.8, 4) is 0 Å². The Bertz CT molecular complexity index is 877. The molecule has 4 aliphatic rings. The molecule has 3 aliphatic carbocycles. The lowest BCUT2D eigenvalue weighted by molar-refractivity contribution is -0.154. The summed E-state index contributed by atoms with van der Waals surface area (Å²) in [4.78, 5) is 11.6. The molecule has 31 heavy (non-hydrogen) atoms. The van der Waals surface area contributed by atoms with Gasteiger partial charge in [-0.3, -0.25) is 4.79 Å². The highest BCUT2D eigenvalue weighted by atomic mass is 16.7. The lowest BCUT2D eigenvalue weighted by Crippen LogP contribution is -2.45. The van der Waals surface area contributed by atoms with E-state index in [9.17, 15) is 4.79 Å². The molecule has 3 fully saturated rings. The highest BCUT2D eigenvalue weighted by Gasteiger charge is 2.56. The minimum absolute atomic E-state index is 0.100. The van der Waals surface area contributed by atoms with Crippen LogP contribution < -0.4 is 5.46 Å². The Morgan fingerprint density at radius 1 is 1.03 bits per heavy atom. The fraction of sp³-hybridized carbons (Fsp3) is 0.731. The van der Waals surface area contributed by atoms with Gasteiger partial charge in [0.1, 0.15) is 6.10 Å². The average Bonchev–Trinajstić information content (AvgIpc) is 3.13. The second-order valence-electron chi connectivity index (χ2n) is 11.7. The van der Waals surface area contributed by atoms with Gasteiger partial charge in [-0.15, -0.1) is 0 Å². The van der Waals surface area contributed by atoms with Crippen LogP contribution in [0.25, 0.3) is 0 Å². The van der Waals surface area contributed by atoms with Gasteiger partial charge in [0, 0.05) is 12.3 Å². The van der Waals surface area contributed by atoms with Crippen molar-refractivity contribution in [2.75, 3.05) is 0 Å². The number of benzene rings is 1. The first kappa shape index (κ1) is 21.5. The summed E-state index contributed by atoms with van der Waals surface area (Å²) in [5, 5.41) is 0. The second-order valence-corrected chi connectivity index (χ2v) is 11.7. The Morgan fingerprint density at radius 2 is 1.74 bits per heavy atom. The van der Waals surface area contributed by atoms with Crippen molar-refractivity contribution in [1.29, 1.82) is 0 Å². The van der Waals surface area contributed by atoms with Gasteiger partial charge in [-0.25, -0.2) is 0 Å². The fourth-order valence-electron chi connectivity index (χ4n) is 7.07. The third kappa shape index (κ3) is 3.30. The molecule has 1 heterocycles. The largest absolute Gasteiger partial charge is 0.494 e. The van der Waals surface area contributed by atoms with Crippen molar-refractivity contribution < 1.29 is 18.8 Å². The SMILES string of the molecule is CC(=O)OC1CCC2C3CCc4cc(B5OC(C)(C)C(C)(C)O5)ccc4C3CCC12C. The van der Waals surface area contributed by atoms with Gasteiger partial charge >= 0.3 is 13.1 Å². The van der Waals surface area contributed by atoms with Gasteiger partial charge in [-0.2, -0.15) is 0 Å². The molecule has 5 unspecified atom stereocenters. The summed E-state index contributed by atoms with van der Waals surface area (Å²) in [6.07, 6.45) is 7.01. The molecular weight excluding hydrogens is 387 g/mol. The first-order valence-electron chi connectivity index (χ1n) is 12.2. The number of carbonyl (C=O) groups is 1. The van der Waals surface area contributed by atoms with Crippen LogP contribution in [0.3, 0.4) is 0 Å². The van der Waals surface area contributed by atoms with E-state index < -0.39 is 0 Å². The molecule has 1 aromatic rings. The number of rotatable bonds is 2. The van der Waals surface area contributed by atoms with E-state index in [-0.39, 0.29) is 35.8 Å². The zero-order chi connectivity index (χ0) is 22.2. The molecule has 0 N–H and O–H groups in total. The molecule has 0 spiro atoms. The van der Waals surface area contributed by atoms with Crippen LogP contribution >= 0.6 is 0 Å². The predicted octanol–water partition coefficient (Wildman–Crippen LogP) is 4.77. The van der Waals surface area contributed by atoms with E-state index in [1.807, 2.05) is 0 Å². The normalized spacial score (nSPS) is 37.7. The van der Waals surface area contributed by atoms with Crippen LogP contribution in [0.5, 0.6) is 0 Å². The summed E-state index contributed by atoms with van der Waals surface area (Å²) in [7, 11) is -0.290. The molecule has 0 aromatic heterocycles. The van der Waals surface area contributed by atoms with Crippen molar-refractivity contribution in [1.82, 2.24) is 0 Å². The molecular formula is C26H37BO4. The van der Waals surface area contributed by atoms with Gasteiger partial charge in [-0.1, -0.05) is 25.1 Å². The Balaban J connectivity index is 1.38. The van der Waals surface area contributed by atoms with E-state index in [2.05, 4.69) is 52.8 Å². The third-order valence-electron chi connectivity index (χ3n) is 9.50. The Labute approximate surface area is 187 Å². The van der Waals surface area contributed by atoms with Crippen LogP contribution in [-0.2, 0) is 25.3 Å². The molecule has 4 nitrogen and oxygen atoms in total. The number of fused-ring (bicyclic) bond motifs is 5. The molecule has 5 heteroatoms. The van der Waals surface area contributed by atoms with Crippen LogP contribution in [0.1, 0.15) is 90.7 Å². The van der Waals surface area contributed by atoms with Crippen molar-refractivity contribution in [2.45, 2.75) is 103 Å². The average molecular weight is 424 g/mol. The number of aryl methyl sites for hydroxylation is 1. The lowest BCUT2D eigenvalue weighted by Gasteiger charge is -2.50. The maximum Gasteiger partial charge on any atom is 0.494 e. The predicted molar refractivity (Wildman–Crippen MR) is 122 cm³/mol. The molecule has 2 saturated carbocycles. The first-order chi connectivity index (χ1) is 14.5. The number of esters is 1. The molecule has 0 radical (unpaired) electrons. The Kier molecular flexibility index (Phi) is 4.92. The molecule has 168 valence electrons. The van der Waals surface area contributed by atoms with Crippen LogP contribution in [0, 0.1) is 17.3 Å². The summed E-state index contributed by atoms with van der Waals surface area (Å²) in [6.45, 7) is 12.4. The molecule has 0 bridgehead atoms. The number of hydrogen-bond donors (Lipinski definition) is 0. The summed E-state index contributed by atoms with van der Waals surface area (Å²) in [5.41, 5.74) is 3.68. The van der Waals surface area contributed by atoms with E-state index >= 15 is 0 Å². The van der Waals surface area contributed by atoms with Crippen molar-refractivity contribution in [2.24, 2.45) is 17.3 Å². The smallest absolute Gasteiger partial charge is 0.462 e. The lowest BCUT2D eigenvalue weighted by atomic mass is 9.55. The monoisotopic (exact) mass is 424 g/mol. The molecule has 1 aliphatic heterocycles. The zero-order valence-corrected chi connectivity index (χ0v) is 20.0. The summed E-state index contributed by atoms with van der Waals surface area (Å²) < 4.78 is 18.4. The Morgan fingerprint density at radius 3 is 2.42 bits per heavy atom. The number of hydrogen-bond acceptors (Lipinski definition) is 4. The minimum atomic E-state index is -0.312. The van der Waals surface area contributed by atoms with Crippen LogP contribution in [-0.4, -0.2) is 30.4 Å². The van der Waals surface area contributed by atoms with E-state index in [0.29, 0.717) is 17.8 Å².